The van der Waals surface area contributed by atoms with Gasteiger partial charge in [0.05, 0.1) is 10.0 Å². The third-order valence-corrected chi connectivity index (χ3v) is 4.18. The number of benzene rings is 2. The summed E-state index contributed by atoms with van der Waals surface area (Å²) in [6.45, 7) is 0.283. The first-order valence-corrected chi connectivity index (χ1v) is 7.30. The van der Waals surface area contributed by atoms with E-state index in [0.717, 1.165) is 5.56 Å². The molecule has 3 nitrogen and oxygen atoms in total. The monoisotopic (exact) mass is 370 g/mol. The maximum Gasteiger partial charge on any atom is 0.255 e. The molecule has 0 saturated heterocycles. The minimum absolute atomic E-state index is 0.153. The van der Waals surface area contributed by atoms with Gasteiger partial charge in [0, 0.05) is 24.3 Å². The predicted molar refractivity (Wildman–Crippen MR) is 85.8 cm³/mol. The summed E-state index contributed by atoms with van der Waals surface area (Å²) in [5.74, 6) is -0.781. The molecule has 0 aliphatic carbocycles. The van der Waals surface area contributed by atoms with Gasteiger partial charge in [-0.05, 0) is 51.8 Å². The van der Waals surface area contributed by atoms with Gasteiger partial charge >= 0.3 is 0 Å². The second-order valence-electron chi connectivity index (χ2n) is 4.61. The summed E-state index contributed by atoms with van der Waals surface area (Å²) in [6.07, 6.45) is 0. The SMILES string of the molecule is CN(Cc1cc(N)ccc1Cl)C(=O)c1cccc(F)c1Br. The molecule has 0 radical (unpaired) electrons. The zero-order chi connectivity index (χ0) is 15.6. The summed E-state index contributed by atoms with van der Waals surface area (Å²) in [7, 11) is 1.62. The van der Waals surface area contributed by atoms with E-state index < -0.39 is 5.82 Å². The van der Waals surface area contributed by atoms with E-state index >= 15 is 0 Å². The topological polar surface area (TPSA) is 46.3 Å². The fraction of sp³-hybridized carbons (Fsp3) is 0.133. The molecule has 0 atom stereocenters. The Hall–Kier alpha value is -1.59. The summed E-state index contributed by atoms with van der Waals surface area (Å²) in [5, 5.41) is 0.530. The van der Waals surface area contributed by atoms with Crippen molar-refractivity contribution in [2.24, 2.45) is 0 Å². The number of carbonyl (C=O) groups is 1. The standard InChI is InChI=1S/C15H13BrClFN2O/c1-20(8-9-7-10(19)5-6-12(9)17)15(21)11-3-2-4-13(18)14(11)16/h2-7H,8,19H2,1H3. The van der Waals surface area contributed by atoms with Crippen molar-refractivity contribution in [3.05, 3.63) is 62.8 Å². The molecule has 2 aromatic rings. The minimum Gasteiger partial charge on any atom is -0.399 e. The van der Waals surface area contributed by atoms with Gasteiger partial charge in [0.15, 0.2) is 0 Å². The third-order valence-electron chi connectivity index (χ3n) is 3.01. The molecule has 0 bridgehead atoms. The first-order valence-electron chi connectivity index (χ1n) is 6.13. The molecule has 0 heterocycles. The Morgan fingerprint density at radius 2 is 2.10 bits per heavy atom. The zero-order valence-corrected chi connectivity index (χ0v) is 13.6. The van der Waals surface area contributed by atoms with Crippen LogP contribution in [-0.2, 0) is 6.54 Å². The Morgan fingerprint density at radius 3 is 2.81 bits per heavy atom. The number of hydrogen-bond acceptors (Lipinski definition) is 2. The molecular formula is C15H13BrClFN2O. The quantitative estimate of drug-likeness (QED) is 0.826. The van der Waals surface area contributed by atoms with Gasteiger partial charge in [-0.25, -0.2) is 4.39 Å². The zero-order valence-electron chi connectivity index (χ0n) is 11.2. The van der Waals surface area contributed by atoms with Gasteiger partial charge in [0.1, 0.15) is 5.82 Å². The summed E-state index contributed by atoms with van der Waals surface area (Å²) < 4.78 is 13.6. The summed E-state index contributed by atoms with van der Waals surface area (Å²) >= 11 is 9.18. The van der Waals surface area contributed by atoms with E-state index in [1.54, 1.807) is 31.3 Å². The first-order chi connectivity index (χ1) is 9.90. The van der Waals surface area contributed by atoms with E-state index in [0.29, 0.717) is 10.7 Å². The highest BCUT2D eigenvalue weighted by Gasteiger charge is 2.18. The summed E-state index contributed by atoms with van der Waals surface area (Å²) in [4.78, 5) is 13.8. The Balaban J connectivity index is 2.24. The number of nitrogens with zero attached hydrogens (tertiary/aromatic N) is 1. The molecule has 0 aliphatic heterocycles. The Morgan fingerprint density at radius 1 is 1.38 bits per heavy atom. The van der Waals surface area contributed by atoms with Crippen LogP contribution >= 0.6 is 27.5 Å². The lowest BCUT2D eigenvalue weighted by Crippen LogP contribution is -2.26. The van der Waals surface area contributed by atoms with Crippen molar-refractivity contribution in [1.82, 2.24) is 4.90 Å². The van der Waals surface area contributed by atoms with E-state index in [9.17, 15) is 9.18 Å². The Bertz CT molecular complexity index is 693. The van der Waals surface area contributed by atoms with E-state index in [4.69, 9.17) is 17.3 Å². The third kappa shape index (κ3) is 3.54. The van der Waals surface area contributed by atoms with E-state index in [2.05, 4.69) is 15.9 Å². The van der Waals surface area contributed by atoms with Gasteiger partial charge in [-0.15, -0.1) is 0 Å². The number of nitrogen functional groups attached to an aromatic ring is 1. The average molecular weight is 372 g/mol. The van der Waals surface area contributed by atoms with Gasteiger partial charge in [-0.1, -0.05) is 17.7 Å². The number of rotatable bonds is 3. The highest BCUT2D eigenvalue weighted by atomic mass is 79.9. The van der Waals surface area contributed by atoms with Crippen molar-refractivity contribution in [3.8, 4) is 0 Å². The van der Waals surface area contributed by atoms with Crippen LogP contribution in [0.25, 0.3) is 0 Å². The van der Waals surface area contributed by atoms with Crippen LogP contribution in [0, 0.1) is 5.82 Å². The largest absolute Gasteiger partial charge is 0.399 e. The molecule has 0 spiro atoms. The van der Waals surface area contributed by atoms with Crippen LogP contribution in [0.5, 0.6) is 0 Å². The predicted octanol–water partition coefficient (Wildman–Crippen LogP) is 4.10. The average Bonchev–Trinajstić information content (AvgIpc) is 2.45. The number of nitrogens with two attached hydrogens (primary N) is 1. The van der Waals surface area contributed by atoms with Crippen LogP contribution in [0.2, 0.25) is 5.02 Å². The number of amides is 1. The normalized spacial score (nSPS) is 10.5. The van der Waals surface area contributed by atoms with Gasteiger partial charge in [-0.3, -0.25) is 4.79 Å². The van der Waals surface area contributed by atoms with Crippen molar-refractivity contribution < 1.29 is 9.18 Å². The van der Waals surface area contributed by atoms with Crippen LogP contribution < -0.4 is 5.73 Å². The van der Waals surface area contributed by atoms with E-state index in [1.165, 1.54) is 17.0 Å². The molecular weight excluding hydrogens is 359 g/mol. The van der Waals surface area contributed by atoms with Crippen LogP contribution in [0.15, 0.2) is 40.9 Å². The van der Waals surface area contributed by atoms with Crippen molar-refractivity contribution in [3.63, 3.8) is 0 Å². The van der Waals surface area contributed by atoms with Crippen molar-refractivity contribution in [2.45, 2.75) is 6.54 Å². The second kappa shape index (κ2) is 6.45. The minimum atomic E-state index is -0.476. The first kappa shape index (κ1) is 15.8. The fourth-order valence-corrected chi connectivity index (χ4v) is 2.53. The van der Waals surface area contributed by atoms with Gasteiger partial charge in [0.25, 0.3) is 5.91 Å². The molecule has 1 amide bonds. The van der Waals surface area contributed by atoms with Crippen molar-refractivity contribution in [1.29, 1.82) is 0 Å². The summed E-state index contributed by atoms with van der Waals surface area (Å²) in [5.41, 5.74) is 7.28. The molecule has 0 saturated carbocycles. The van der Waals surface area contributed by atoms with Gasteiger partial charge < -0.3 is 10.6 Å². The number of carbonyl (C=O) groups excluding carboxylic acids is 1. The Kier molecular flexibility index (Phi) is 4.85. The number of anilines is 1. The lowest BCUT2D eigenvalue weighted by atomic mass is 10.1. The molecule has 2 rings (SSSR count). The lowest BCUT2D eigenvalue weighted by Gasteiger charge is -2.19. The van der Waals surface area contributed by atoms with Crippen molar-refractivity contribution >= 4 is 39.1 Å². The molecule has 0 fully saturated rings. The molecule has 2 N–H and O–H groups in total. The number of halogens is 3. The van der Waals surface area contributed by atoms with Crippen LogP contribution in [0.4, 0.5) is 10.1 Å². The highest BCUT2D eigenvalue weighted by Crippen LogP contribution is 2.24. The Labute approximate surface area is 135 Å². The second-order valence-corrected chi connectivity index (χ2v) is 5.81. The molecule has 21 heavy (non-hydrogen) atoms. The molecule has 0 unspecified atom stereocenters. The van der Waals surface area contributed by atoms with Crippen LogP contribution in [0.3, 0.4) is 0 Å². The summed E-state index contributed by atoms with van der Waals surface area (Å²) in [6, 6.07) is 9.43. The van der Waals surface area contributed by atoms with Gasteiger partial charge in [0.2, 0.25) is 0 Å². The van der Waals surface area contributed by atoms with Crippen molar-refractivity contribution in [2.75, 3.05) is 12.8 Å². The van der Waals surface area contributed by atoms with E-state index in [-0.39, 0.29) is 22.5 Å². The molecule has 0 aliphatic rings. The smallest absolute Gasteiger partial charge is 0.255 e. The van der Waals surface area contributed by atoms with E-state index in [1.807, 2.05) is 0 Å². The maximum atomic E-state index is 13.5. The lowest BCUT2D eigenvalue weighted by molar-refractivity contribution is 0.0783. The maximum absolute atomic E-state index is 13.5. The fourth-order valence-electron chi connectivity index (χ4n) is 1.92. The molecule has 6 heteroatoms. The van der Waals surface area contributed by atoms with Crippen LogP contribution in [-0.4, -0.2) is 17.9 Å². The number of hydrogen-bond donors (Lipinski definition) is 1. The van der Waals surface area contributed by atoms with Gasteiger partial charge in [-0.2, -0.15) is 0 Å². The van der Waals surface area contributed by atoms with Crippen LogP contribution in [0.1, 0.15) is 15.9 Å². The molecule has 110 valence electrons. The molecule has 0 aromatic heterocycles. The highest BCUT2D eigenvalue weighted by molar-refractivity contribution is 9.10. The molecule has 2 aromatic carbocycles.